The lowest BCUT2D eigenvalue weighted by atomic mass is 10.1. The van der Waals surface area contributed by atoms with Gasteiger partial charge in [0.15, 0.2) is 0 Å². The third-order valence-corrected chi connectivity index (χ3v) is 5.82. The van der Waals surface area contributed by atoms with Gasteiger partial charge in [-0.05, 0) is 61.6 Å². The standard InChI is InChI=1S/C27H30N2O2/c1-20-9-3-4-10-22(20)18-29-19-23(25-13-5-6-14-26(25)29)11-7-15-27(30)28-21(2)17-24-12-8-16-31-24/h3-6,8-10,12-14,16,19,21H,7,11,15,17-18H2,1-2H3,(H,28,30). The summed E-state index contributed by atoms with van der Waals surface area (Å²) in [5, 5.41) is 4.36. The van der Waals surface area contributed by atoms with Crippen LogP contribution in [-0.4, -0.2) is 16.5 Å². The van der Waals surface area contributed by atoms with Gasteiger partial charge < -0.3 is 14.3 Å². The average molecular weight is 415 g/mol. The van der Waals surface area contributed by atoms with Crippen molar-refractivity contribution in [2.75, 3.05) is 0 Å². The molecule has 1 amide bonds. The van der Waals surface area contributed by atoms with Crippen molar-refractivity contribution in [2.45, 2.75) is 52.1 Å². The van der Waals surface area contributed by atoms with Crippen molar-refractivity contribution in [3.63, 3.8) is 0 Å². The molecule has 0 saturated carbocycles. The number of para-hydroxylation sites is 1. The van der Waals surface area contributed by atoms with Crippen LogP contribution >= 0.6 is 0 Å². The predicted molar refractivity (Wildman–Crippen MR) is 125 cm³/mol. The number of aromatic nitrogens is 1. The van der Waals surface area contributed by atoms with Crippen molar-refractivity contribution >= 4 is 16.8 Å². The van der Waals surface area contributed by atoms with Crippen LogP contribution in [0.2, 0.25) is 0 Å². The first-order valence-electron chi connectivity index (χ1n) is 11.0. The van der Waals surface area contributed by atoms with E-state index in [1.54, 1.807) is 6.26 Å². The highest BCUT2D eigenvalue weighted by Gasteiger charge is 2.12. The molecular formula is C27H30N2O2. The fraction of sp³-hybridized carbons (Fsp3) is 0.296. The predicted octanol–water partition coefficient (Wildman–Crippen LogP) is 5.66. The van der Waals surface area contributed by atoms with E-state index < -0.39 is 0 Å². The molecule has 2 aromatic heterocycles. The number of aryl methyl sites for hydroxylation is 2. The Morgan fingerprint density at radius 2 is 1.84 bits per heavy atom. The molecular weight excluding hydrogens is 384 g/mol. The molecule has 160 valence electrons. The van der Waals surface area contributed by atoms with Crippen molar-refractivity contribution < 1.29 is 9.21 Å². The first-order valence-corrected chi connectivity index (χ1v) is 11.0. The van der Waals surface area contributed by atoms with Crippen LogP contribution in [-0.2, 0) is 24.2 Å². The van der Waals surface area contributed by atoms with Gasteiger partial charge in [-0.2, -0.15) is 0 Å². The molecule has 0 aliphatic heterocycles. The minimum atomic E-state index is 0.0645. The smallest absolute Gasteiger partial charge is 0.220 e. The first kappa shape index (κ1) is 21.0. The molecule has 4 nitrogen and oxygen atoms in total. The van der Waals surface area contributed by atoms with Crippen LogP contribution in [0, 0.1) is 6.92 Å². The molecule has 0 aliphatic rings. The minimum absolute atomic E-state index is 0.0645. The van der Waals surface area contributed by atoms with E-state index in [4.69, 9.17) is 4.42 Å². The van der Waals surface area contributed by atoms with Crippen LogP contribution in [0.4, 0.5) is 0 Å². The maximum absolute atomic E-state index is 12.4. The van der Waals surface area contributed by atoms with Gasteiger partial charge in [-0.3, -0.25) is 4.79 Å². The summed E-state index contributed by atoms with van der Waals surface area (Å²) in [5.41, 5.74) is 5.19. The first-order chi connectivity index (χ1) is 15.1. The third-order valence-electron chi connectivity index (χ3n) is 5.82. The van der Waals surface area contributed by atoms with Gasteiger partial charge in [-0.25, -0.2) is 0 Å². The molecule has 1 unspecified atom stereocenters. The minimum Gasteiger partial charge on any atom is -0.469 e. The van der Waals surface area contributed by atoms with Crippen LogP contribution in [0.25, 0.3) is 10.9 Å². The Morgan fingerprint density at radius 1 is 1.03 bits per heavy atom. The van der Waals surface area contributed by atoms with Crippen molar-refractivity contribution in [1.82, 2.24) is 9.88 Å². The number of rotatable bonds is 9. The summed E-state index contributed by atoms with van der Waals surface area (Å²) < 4.78 is 7.70. The second-order valence-corrected chi connectivity index (χ2v) is 8.33. The lowest BCUT2D eigenvalue weighted by molar-refractivity contribution is -0.121. The fourth-order valence-electron chi connectivity index (χ4n) is 4.19. The number of benzene rings is 2. The van der Waals surface area contributed by atoms with Crippen molar-refractivity contribution in [3.05, 3.63) is 95.6 Å². The van der Waals surface area contributed by atoms with Gasteiger partial charge in [0.1, 0.15) is 5.76 Å². The zero-order valence-corrected chi connectivity index (χ0v) is 18.3. The Bertz CT molecular complexity index is 1140. The number of hydrogen-bond acceptors (Lipinski definition) is 2. The van der Waals surface area contributed by atoms with Crippen molar-refractivity contribution in [1.29, 1.82) is 0 Å². The molecule has 0 saturated heterocycles. The molecule has 2 aromatic carbocycles. The van der Waals surface area contributed by atoms with Crippen LogP contribution in [0.3, 0.4) is 0 Å². The van der Waals surface area contributed by atoms with E-state index in [0.29, 0.717) is 12.8 Å². The Morgan fingerprint density at radius 3 is 2.65 bits per heavy atom. The molecule has 0 aliphatic carbocycles. The molecule has 0 radical (unpaired) electrons. The molecule has 0 bridgehead atoms. The fourth-order valence-corrected chi connectivity index (χ4v) is 4.19. The molecule has 0 spiro atoms. The van der Waals surface area contributed by atoms with Gasteiger partial charge in [-0.15, -0.1) is 0 Å². The molecule has 1 N–H and O–H groups in total. The normalized spacial score (nSPS) is 12.2. The van der Waals surface area contributed by atoms with E-state index in [9.17, 15) is 4.79 Å². The summed E-state index contributed by atoms with van der Waals surface area (Å²) in [6.07, 6.45) is 6.89. The van der Waals surface area contributed by atoms with E-state index in [1.165, 1.54) is 27.6 Å². The van der Waals surface area contributed by atoms with E-state index >= 15 is 0 Å². The zero-order chi connectivity index (χ0) is 21.6. The summed E-state index contributed by atoms with van der Waals surface area (Å²) >= 11 is 0. The van der Waals surface area contributed by atoms with Gasteiger partial charge in [0.2, 0.25) is 5.91 Å². The number of fused-ring (bicyclic) bond motifs is 1. The number of carbonyl (C=O) groups is 1. The maximum Gasteiger partial charge on any atom is 0.220 e. The van der Waals surface area contributed by atoms with Gasteiger partial charge in [-0.1, -0.05) is 42.5 Å². The quantitative estimate of drug-likeness (QED) is 0.384. The second-order valence-electron chi connectivity index (χ2n) is 8.33. The lowest BCUT2D eigenvalue weighted by Gasteiger charge is -2.12. The average Bonchev–Trinajstić information content (AvgIpc) is 3.38. The molecule has 4 aromatic rings. The topological polar surface area (TPSA) is 47.2 Å². The summed E-state index contributed by atoms with van der Waals surface area (Å²) in [7, 11) is 0. The van der Waals surface area contributed by atoms with Gasteiger partial charge in [0.25, 0.3) is 0 Å². The van der Waals surface area contributed by atoms with Crippen LogP contribution in [0.1, 0.15) is 42.2 Å². The number of carbonyl (C=O) groups excluding carboxylic acids is 1. The Balaban J connectivity index is 1.37. The Hall–Kier alpha value is -3.27. The number of nitrogens with zero attached hydrogens (tertiary/aromatic N) is 1. The number of hydrogen-bond donors (Lipinski definition) is 1. The van der Waals surface area contributed by atoms with Crippen LogP contribution < -0.4 is 5.32 Å². The monoisotopic (exact) mass is 414 g/mol. The Kier molecular flexibility index (Phi) is 6.56. The number of nitrogens with one attached hydrogen (secondary N) is 1. The molecule has 2 heterocycles. The summed E-state index contributed by atoms with van der Waals surface area (Å²) in [6, 6.07) is 21.0. The molecule has 0 fully saturated rings. The number of furan rings is 1. The largest absolute Gasteiger partial charge is 0.469 e. The third kappa shape index (κ3) is 5.26. The van der Waals surface area contributed by atoms with Crippen LogP contribution in [0.5, 0.6) is 0 Å². The van der Waals surface area contributed by atoms with E-state index in [1.807, 2.05) is 19.1 Å². The highest BCUT2D eigenvalue weighted by molar-refractivity contribution is 5.84. The van der Waals surface area contributed by atoms with E-state index in [0.717, 1.165) is 25.1 Å². The van der Waals surface area contributed by atoms with Gasteiger partial charge in [0.05, 0.1) is 6.26 Å². The SMILES string of the molecule is Cc1ccccc1Cn1cc(CCCC(=O)NC(C)Cc2ccco2)c2ccccc21. The lowest BCUT2D eigenvalue weighted by Crippen LogP contribution is -2.33. The molecule has 1 atom stereocenters. The molecule has 4 heteroatoms. The Labute approximate surface area is 183 Å². The van der Waals surface area contributed by atoms with E-state index in [-0.39, 0.29) is 11.9 Å². The number of amides is 1. The summed E-state index contributed by atoms with van der Waals surface area (Å²) in [4.78, 5) is 12.4. The summed E-state index contributed by atoms with van der Waals surface area (Å²) in [5.74, 6) is 0.997. The maximum atomic E-state index is 12.4. The highest BCUT2D eigenvalue weighted by atomic mass is 16.3. The van der Waals surface area contributed by atoms with Crippen molar-refractivity contribution in [2.24, 2.45) is 0 Å². The summed E-state index contributed by atoms with van der Waals surface area (Å²) in [6.45, 7) is 5.03. The van der Waals surface area contributed by atoms with Crippen molar-refractivity contribution in [3.8, 4) is 0 Å². The van der Waals surface area contributed by atoms with Gasteiger partial charge in [0, 0.05) is 42.5 Å². The zero-order valence-electron chi connectivity index (χ0n) is 18.3. The molecule has 31 heavy (non-hydrogen) atoms. The molecule has 4 rings (SSSR count). The van der Waals surface area contributed by atoms with E-state index in [2.05, 4.69) is 71.5 Å². The highest BCUT2D eigenvalue weighted by Crippen LogP contribution is 2.24. The van der Waals surface area contributed by atoms with Crippen LogP contribution in [0.15, 0.2) is 77.5 Å². The second kappa shape index (κ2) is 9.69. The van der Waals surface area contributed by atoms with Gasteiger partial charge >= 0.3 is 0 Å².